The van der Waals surface area contributed by atoms with E-state index in [1.165, 1.54) is 24.3 Å². The van der Waals surface area contributed by atoms with Crippen molar-refractivity contribution < 1.29 is 38.6 Å². The SMILES string of the molecule is COC(=O)c1cc(C(=O)OC)cc(N2C(=O)c3ccc(C(=O)[O-])cc3C2=O)c1. The molecule has 28 heavy (non-hydrogen) atoms. The number of amides is 2. The molecule has 0 radical (unpaired) electrons. The van der Waals surface area contributed by atoms with Gasteiger partial charge in [-0.15, -0.1) is 0 Å². The van der Waals surface area contributed by atoms with Gasteiger partial charge in [-0.1, -0.05) is 6.07 Å². The van der Waals surface area contributed by atoms with Crippen molar-refractivity contribution in [3.63, 3.8) is 0 Å². The monoisotopic (exact) mass is 382 g/mol. The average molecular weight is 382 g/mol. The van der Waals surface area contributed by atoms with Gasteiger partial charge in [0, 0.05) is 0 Å². The van der Waals surface area contributed by atoms with Crippen molar-refractivity contribution in [1.82, 2.24) is 0 Å². The first-order valence-corrected chi connectivity index (χ1v) is 7.84. The van der Waals surface area contributed by atoms with Gasteiger partial charge in [-0.25, -0.2) is 14.5 Å². The second-order valence-electron chi connectivity index (χ2n) is 5.75. The number of methoxy groups -OCH3 is 2. The van der Waals surface area contributed by atoms with Gasteiger partial charge in [-0.2, -0.15) is 0 Å². The molecule has 2 aromatic rings. The van der Waals surface area contributed by atoms with Gasteiger partial charge in [0.2, 0.25) is 0 Å². The fourth-order valence-electron chi connectivity index (χ4n) is 2.81. The number of carboxylic acid groups (broad SMARTS) is 1. The minimum Gasteiger partial charge on any atom is -0.545 e. The lowest BCUT2D eigenvalue weighted by Gasteiger charge is -2.16. The Bertz CT molecular complexity index is 1020. The van der Waals surface area contributed by atoms with Gasteiger partial charge in [-0.3, -0.25) is 9.59 Å². The maximum atomic E-state index is 12.7. The molecule has 0 unspecified atom stereocenters. The molecular formula is C19H12NO8-. The van der Waals surface area contributed by atoms with E-state index in [1.54, 1.807) is 0 Å². The van der Waals surface area contributed by atoms with Crippen LogP contribution in [0, 0.1) is 0 Å². The molecule has 0 aliphatic carbocycles. The highest BCUT2D eigenvalue weighted by molar-refractivity contribution is 6.35. The van der Waals surface area contributed by atoms with Crippen molar-refractivity contribution in [2.24, 2.45) is 0 Å². The number of anilines is 1. The molecule has 0 fully saturated rings. The fourth-order valence-corrected chi connectivity index (χ4v) is 2.81. The van der Waals surface area contributed by atoms with Gasteiger partial charge in [-0.05, 0) is 35.9 Å². The van der Waals surface area contributed by atoms with Crippen molar-refractivity contribution in [3.05, 3.63) is 64.2 Å². The zero-order valence-electron chi connectivity index (χ0n) is 14.7. The molecule has 0 spiro atoms. The first kappa shape index (κ1) is 18.8. The third kappa shape index (κ3) is 2.98. The summed E-state index contributed by atoms with van der Waals surface area (Å²) in [6, 6.07) is 7.00. The quantitative estimate of drug-likeness (QED) is 0.549. The maximum absolute atomic E-state index is 12.7. The van der Waals surface area contributed by atoms with Gasteiger partial charge < -0.3 is 19.4 Å². The lowest BCUT2D eigenvalue weighted by atomic mass is 10.1. The van der Waals surface area contributed by atoms with E-state index >= 15 is 0 Å². The van der Waals surface area contributed by atoms with E-state index in [9.17, 15) is 29.1 Å². The Labute approximate surface area is 158 Å². The van der Waals surface area contributed by atoms with E-state index in [2.05, 4.69) is 9.47 Å². The molecular weight excluding hydrogens is 370 g/mol. The minimum absolute atomic E-state index is 0.0157. The van der Waals surface area contributed by atoms with Crippen LogP contribution in [0.15, 0.2) is 36.4 Å². The number of fused-ring (bicyclic) bond motifs is 1. The van der Waals surface area contributed by atoms with Crippen LogP contribution in [0.1, 0.15) is 51.8 Å². The van der Waals surface area contributed by atoms with E-state index in [-0.39, 0.29) is 33.5 Å². The molecule has 142 valence electrons. The number of ether oxygens (including phenoxy) is 2. The molecule has 2 aromatic carbocycles. The number of carboxylic acids is 1. The van der Waals surface area contributed by atoms with Crippen LogP contribution in [0.5, 0.6) is 0 Å². The summed E-state index contributed by atoms with van der Waals surface area (Å²) in [4.78, 5) is 61.0. The molecule has 1 aliphatic heterocycles. The second-order valence-corrected chi connectivity index (χ2v) is 5.75. The van der Waals surface area contributed by atoms with Crippen LogP contribution in [0.2, 0.25) is 0 Å². The highest BCUT2D eigenvalue weighted by atomic mass is 16.5. The third-order valence-corrected chi connectivity index (χ3v) is 4.14. The van der Waals surface area contributed by atoms with Crippen LogP contribution < -0.4 is 10.0 Å². The summed E-state index contributed by atoms with van der Waals surface area (Å²) in [6.45, 7) is 0. The first-order valence-electron chi connectivity index (χ1n) is 7.84. The smallest absolute Gasteiger partial charge is 0.337 e. The van der Waals surface area contributed by atoms with Crippen molar-refractivity contribution in [2.45, 2.75) is 0 Å². The summed E-state index contributed by atoms with van der Waals surface area (Å²) in [7, 11) is 2.27. The summed E-state index contributed by atoms with van der Waals surface area (Å²) in [5, 5.41) is 11.0. The summed E-state index contributed by atoms with van der Waals surface area (Å²) in [5.74, 6) is -4.61. The lowest BCUT2D eigenvalue weighted by molar-refractivity contribution is -0.255. The van der Waals surface area contributed by atoms with Crippen molar-refractivity contribution in [2.75, 3.05) is 19.1 Å². The number of esters is 2. The van der Waals surface area contributed by atoms with Crippen LogP contribution >= 0.6 is 0 Å². The summed E-state index contributed by atoms with van der Waals surface area (Å²) >= 11 is 0. The lowest BCUT2D eigenvalue weighted by Crippen LogP contribution is -2.30. The number of nitrogens with zero attached hydrogens (tertiary/aromatic N) is 1. The number of rotatable bonds is 4. The molecule has 1 heterocycles. The Morgan fingerprint density at radius 1 is 0.786 bits per heavy atom. The number of carbonyl (C=O) groups excluding carboxylic acids is 5. The normalized spacial score (nSPS) is 12.6. The highest BCUT2D eigenvalue weighted by Gasteiger charge is 2.37. The van der Waals surface area contributed by atoms with E-state index < -0.39 is 29.7 Å². The average Bonchev–Trinajstić information content (AvgIpc) is 2.96. The predicted octanol–water partition coefficient (Wildman–Crippen LogP) is 0.424. The van der Waals surface area contributed by atoms with Crippen molar-refractivity contribution >= 4 is 35.4 Å². The largest absolute Gasteiger partial charge is 0.545 e. The second kappa shape index (κ2) is 6.95. The maximum Gasteiger partial charge on any atom is 0.337 e. The molecule has 0 saturated heterocycles. The Morgan fingerprint density at radius 2 is 1.32 bits per heavy atom. The van der Waals surface area contributed by atoms with Crippen molar-refractivity contribution in [3.8, 4) is 0 Å². The number of imide groups is 1. The van der Waals surface area contributed by atoms with Crippen LogP contribution in [0.4, 0.5) is 5.69 Å². The van der Waals surface area contributed by atoms with Gasteiger partial charge in [0.05, 0.1) is 48.1 Å². The van der Waals surface area contributed by atoms with Crippen LogP contribution in [-0.4, -0.2) is 43.9 Å². The Morgan fingerprint density at radius 3 is 1.82 bits per heavy atom. The molecule has 0 bridgehead atoms. The molecule has 1 aliphatic rings. The Kier molecular flexibility index (Phi) is 4.66. The Balaban J connectivity index is 2.14. The molecule has 3 rings (SSSR count). The van der Waals surface area contributed by atoms with Gasteiger partial charge in [0.25, 0.3) is 11.8 Å². The summed E-state index contributed by atoms with van der Waals surface area (Å²) in [6.07, 6.45) is 0. The molecule has 0 aromatic heterocycles. The molecule has 2 amide bonds. The molecule has 0 atom stereocenters. The number of benzene rings is 2. The van der Waals surface area contributed by atoms with Gasteiger partial charge in [0.15, 0.2) is 0 Å². The molecule has 0 saturated carbocycles. The van der Waals surface area contributed by atoms with Crippen LogP contribution in [-0.2, 0) is 9.47 Å². The van der Waals surface area contributed by atoms with Crippen molar-refractivity contribution in [1.29, 1.82) is 0 Å². The predicted molar refractivity (Wildman–Crippen MR) is 91.0 cm³/mol. The minimum atomic E-state index is -1.50. The number of hydrogen-bond acceptors (Lipinski definition) is 8. The standard InChI is InChI=1S/C19H13NO8/c1-27-18(25)10-5-11(19(26)28-2)7-12(6-10)20-15(21)13-4-3-9(17(23)24)8-14(13)16(20)22/h3-8H,1-2H3,(H,23,24)/p-1. The summed E-state index contributed by atoms with van der Waals surface area (Å²) < 4.78 is 9.26. The van der Waals surface area contributed by atoms with Gasteiger partial charge >= 0.3 is 11.9 Å². The molecule has 9 heteroatoms. The molecule has 9 nitrogen and oxygen atoms in total. The number of aromatic carboxylic acids is 1. The number of hydrogen-bond donors (Lipinski definition) is 0. The third-order valence-electron chi connectivity index (χ3n) is 4.14. The Hall–Kier alpha value is -4.01. The van der Waals surface area contributed by atoms with Crippen LogP contribution in [0.3, 0.4) is 0 Å². The van der Waals surface area contributed by atoms with E-state index in [0.29, 0.717) is 0 Å². The first-order chi connectivity index (χ1) is 13.3. The topological polar surface area (TPSA) is 130 Å². The van der Waals surface area contributed by atoms with E-state index in [4.69, 9.17) is 0 Å². The zero-order chi connectivity index (χ0) is 20.6. The highest BCUT2D eigenvalue weighted by Crippen LogP contribution is 2.31. The van der Waals surface area contributed by atoms with E-state index in [1.807, 2.05) is 0 Å². The van der Waals surface area contributed by atoms with E-state index in [0.717, 1.165) is 31.3 Å². The molecule has 0 N–H and O–H groups in total. The van der Waals surface area contributed by atoms with Gasteiger partial charge in [0.1, 0.15) is 0 Å². The number of carbonyl (C=O) groups is 5. The fraction of sp³-hybridized carbons (Fsp3) is 0.105. The zero-order valence-corrected chi connectivity index (χ0v) is 14.7. The summed E-state index contributed by atoms with van der Waals surface area (Å²) in [5.41, 5.74) is -0.627. The van der Waals surface area contributed by atoms with Crippen LogP contribution in [0.25, 0.3) is 0 Å².